The Morgan fingerprint density at radius 3 is 2.50 bits per heavy atom. The van der Waals surface area contributed by atoms with E-state index in [2.05, 4.69) is 20.6 Å². The number of benzene rings is 3. The number of rotatable bonds is 9. The molecule has 1 fully saturated rings. The predicted octanol–water partition coefficient (Wildman–Crippen LogP) is 5.26. The summed E-state index contributed by atoms with van der Waals surface area (Å²) in [5.74, 6) is 0.289. The van der Waals surface area contributed by atoms with E-state index in [0.717, 1.165) is 24.1 Å². The average molecular weight is 505 g/mol. The van der Waals surface area contributed by atoms with Gasteiger partial charge in [0.2, 0.25) is 11.9 Å². The number of hydrogen-bond acceptors (Lipinski definition) is 6. The van der Waals surface area contributed by atoms with Gasteiger partial charge in [0, 0.05) is 24.2 Å². The number of imidazole rings is 1. The molecule has 1 aromatic heterocycles. The van der Waals surface area contributed by atoms with Crippen molar-refractivity contribution in [1.82, 2.24) is 9.97 Å². The van der Waals surface area contributed by atoms with Crippen molar-refractivity contribution in [3.05, 3.63) is 78.4 Å². The molecule has 1 aliphatic rings. The van der Waals surface area contributed by atoms with Crippen LogP contribution in [0.25, 0.3) is 11.0 Å². The summed E-state index contributed by atoms with van der Waals surface area (Å²) in [4.78, 5) is 19.8. The van der Waals surface area contributed by atoms with E-state index in [0.29, 0.717) is 35.9 Å². The molecule has 0 spiro atoms. The summed E-state index contributed by atoms with van der Waals surface area (Å²) < 4.78 is 31.0. The van der Waals surface area contributed by atoms with Gasteiger partial charge in [0.1, 0.15) is 10.6 Å². The summed E-state index contributed by atoms with van der Waals surface area (Å²) in [5.41, 5.74) is 3.12. The third-order valence-corrected chi connectivity index (χ3v) is 7.53. The molecule has 5 rings (SSSR count). The van der Waals surface area contributed by atoms with Gasteiger partial charge in [-0.15, -0.1) is 0 Å². The SMILES string of the molecule is O=C(CCc1ccccc1)Nc1nc2ccc(OS(=O)(=O)c3ccc(NC4CCCC4)cc3)cc2[nH]1. The lowest BCUT2D eigenvalue weighted by Gasteiger charge is -2.14. The van der Waals surface area contributed by atoms with E-state index >= 15 is 0 Å². The van der Waals surface area contributed by atoms with Crippen molar-refractivity contribution in [3.63, 3.8) is 0 Å². The van der Waals surface area contributed by atoms with Crippen molar-refractivity contribution in [2.24, 2.45) is 0 Å². The number of anilines is 2. The topological polar surface area (TPSA) is 113 Å². The lowest BCUT2D eigenvalue weighted by atomic mass is 10.1. The van der Waals surface area contributed by atoms with Crippen LogP contribution in [0.3, 0.4) is 0 Å². The van der Waals surface area contributed by atoms with E-state index in [-0.39, 0.29) is 16.6 Å². The number of aromatic amines is 1. The lowest BCUT2D eigenvalue weighted by Crippen LogP contribution is -2.14. The van der Waals surface area contributed by atoms with Crippen LogP contribution in [0.2, 0.25) is 0 Å². The standard InChI is InChI=1S/C27H28N4O4S/c32-26(17-10-19-6-2-1-3-7-19)31-27-29-24-16-13-22(18-25(24)30-27)35-36(33,34)23-14-11-21(12-15-23)28-20-8-4-5-9-20/h1-3,6-7,11-16,18,20,28H,4-5,8-10,17H2,(H2,29,30,31,32). The predicted molar refractivity (Wildman–Crippen MR) is 140 cm³/mol. The third kappa shape index (κ3) is 5.85. The number of hydrogen-bond donors (Lipinski definition) is 3. The Kier molecular flexibility index (Phi) is 6.90. The van der Waals surface area contributed by atoms with E-state index in [1.54, 1.807) is 36.4 Å². The molecule has 0 saturated heterocycles. The molecule has 1 amide bonds. The zero-order valence-corrected chi connectivity index (χ0v) is 20.6. The first-order chi connectivity index (χ1) is 17.4. The smallest absolute Gasteiger partial charge is 0.339 e. The van der Waals surface area contributed by atoms with Gasteiger partial charge in [0.05, 0.1) is 11.0 Å². The van der Waals surface area contributed by atoms with Gasteiger partial charge in [-0.3, -0.25) is 10.1 Å². The molecule has 3 N–H and O–H groups in total. The molecule has 1 heterocycles. The number of fused-ring (bicyclic) bond motifs is 1. The molecule has 4 aromatic rings. The molecule has 0 atom stereocenters. The van der Waals surface area contributed by atoms with E-state index in [1.807, 2.05) is 30.3 Å². The fraction of sp³-hybridized carbons (Fsp3) is 0.259. The first-order valence-electron chi connectivity index (χ1n) is 12.1. The van der Waals surface area contributed by atoms with Crippen molar-refractivity contribution in [2.45, 2.75) is 49.5 Å². The zero-order valence-electron chi connectivity index (χ0n) is 19.7. The highest BCUT2D eigenvalue weighted by atomic mass is 32.2. The molecule has 3 aromatic carbocycles. The largest absolute Gasteiger partial charge is 0.382 e. The Morgan fingerprint density at radius 2 is 1.75 bits per heavy atom. The molecule has 0 bridgehead atoms. The summed E-state index contributed by atoms with van der Waals surface area (Å²) in [6.07, 6.45) is 5.67. The highest BCUT2D eigenvalue weighted by Gasteiger charge is 2.19. The maximum Gasteiger partial charge on any atom is 0.339 e. The van der Waals surface area contributed by atoms with Crippen LogP contribution in [0.1, 0.15) is 37.7 Å². The first kappa shape index (κ1) is 23.9. The average Bonchev–Trinajstić information content (AvgIpc) is 3.52. The van der Waals surface area contributed by atoms with Crippen molar-refractivity contribution in [2.75, 3.05) is 10.6 Å². The summed E-state index contributed by atoms with van der Waals surface area (Å²) in [6, 6.07) is 21.6. The normalized spacial score (nSPS) is 14.1. The fourth-order valence-corrected chi connectivity index (χ4v) is 5.32. The minimum atomic E-state index is -4.00. The van der Waals surface area contributed by atoms with Crippen LogP contribution >= 0.6 is 0 Å². The monoisotopic (exact) mass is 504 g/mol. The molecule has 1 saturated carbocycles. The Labute approximate surface area is 210 Å². The van der Waals surface area contributed by atoms with Gasteiger partial charge in [-0.2, -0.15) is 8.42 Å². The van der Waals surface area contributed by atoms with Crippen LogP contribution in [0, 0.1) is 0 Å². The van der Waals surface area contributed by atoms with Crippen LogP contribution in [-0.2, 0) is 21.3 Å². The molecule has 186 valence electrons. The highest BCUT2D eigenvalue weighted by Crippen LogP contribution is 2.26. The van der Waals surface area contributed by atoms with Gasteiger partial charge in [-0.25, -0.2) is 4.98 Å². The van der Waals surface area contributed by atoms with E-state index in [4.69, 9.17) is 4.18 Å². The lowest BCUT2D eigenvalue weighted by molar-refractivity contribution is -0.116. The van der Waals surface area contributed by atoms with Crippen LogP contribution in [0.5, 0.6) is 5.75 Å². The zero-order chi connectivity index (χ0) is 25.0. The second kappa shape index (κ2) is 10.4. The van der Waals surface area contributed by atoms with Gasteiger partial charge in [-0.1, -0.05) is 43.2 Å². The maximum atomic E-state index is 12.8. The molecular weight excluding hydrogens is 476 g/mol. The van der Waals surface area contributed by atoms with Crippen LogP contribution in [-0.4, -0.2) is 30.3 Å². The molecule has 0 aliphatic heterocycles. The summed E-state index contributed by atoms with van der Waals surface area (Å²) in [7, 11) is -4.00. The highest BCUT2D eigenvalue weighted by molar-refractivity contribution is 7.87. The number of carbonyl (C=O) groups excluding carboxylic acids is 1. The Morgan fingerprint density at radius 1 is 1.00 bits per heavy atom. The van der Waals surface area contributed by atoms with Crippen LogP contribution in [0.15, 0.2) is 77.7 Å². The number of nitrogens with one attached hydrogen (secondary N) is 3. The fourth-order valence-electron chi connectivity index (χ4n) is 4.40. The summed E-state index contributed by atoms with van der Waals surface area (Å²) in [5, 5.41) is 6.20. The van der Waals surface area contributed by atoms with E-state index in [1.165, 1.54) is 18.9 Å². The Hall–Kier alpha value is -3.85. The van der Waals surface area contributed by atoms with Crippen molar-refractivity contribution >= 4 is 38.7 Å². The molecule has 9 heteroatoms. The molecule has 1 aliphatic carbocycles. The van der Waals surface area contributed by atoms with Crippen molar-refractivity contribution in [1.29, 1.82) is 0 Å². The number of amides is 1. The molecule has 0 radical (unpaired) electrons. The molecular formula is C27H28N4O4S. The van der Waals surface area contributed by atoms with Gasteiger partial charge in [0.25, 0.3) is 0 Å². The second-order valence-electron chi connectivity index (χ2n) is 8.99. The Balaban J connectivity index is 1.21. The number of carbonyl (C=O) groups is 1. The van der Waals surface area contributed by atoms with E-state index in [9.17, 15) is 13.2 Å². The maximum absolute atomic E-state index is 12.8. The molecule has 36 heavy (non-hydrogen) atoms. The third-order valence-electron chi connectivity index (χ3n) is 6.27. The first-order valence-corrected chi connectivity index (χ1v) is 13.5. The number of aryl methyl sites for hydroxylation is 1. The summed E-state index contributed by atoms with van der Waals surface area (Å²) >= 11 is 0. The number of nitrogens with zero attached hydrogens (tertiary/aromatic N) is 1. The minimum absolute atomic E-state index is 0.0792. The quantitative estimate of drug-likeness (QED) is 0.268. The van der Waals surface area contributed by atoms with Gasteiger partial charge < -0.3 is 14.5 Å². The Bertz CT molecular complexity index is 1440. The minimum Gasteiger partial charge on any atom is -0.382 e. The number of H-pyrrole nitrogens is 1. The van der Waals surface area contributed by atoms with Gasteiger partial charge >= 0.3 is 10.1 Å². The second-order valence-corrected chi connectivity index (χ2v) is 10.5. The summed E-state index contributed by atoms with van der Waals surface area (Å²) in [6.45, 7) is 0. The van der Waals surface area contributed by atoms with Crippen LogP contribution in [0.4, 0.5) is 11.6 Å². The van der Waals surface area contributed by atoms with E-state index < -0.39 is 10.1 Å². The number of aromatic nitrogens is 2. The van der Waals surface area contributed by atoms with Crippen molar-refractivity contribution < 1.29 is 17.4 Å². The van der Waals surface area contributed by atoms with Crippen LogP contribution < -0.4 is 14.8 Å². The molecule has 0 unspecified atom stereocenters. The van der Waals surface area contributed by atoms with Gasteiger partial charge in [-0.05, 0) is 61.2 Å². The van der Waals surface area contributed by atoms with Crippen molar-refractivity contribution in [3.8, 4) is 5.75 Å². The molecule has 8 nitrogen and oxygen atoms in total. The van der Waals surface area contributed by atoms with Gasteiger partial charge in [0.15, 0.2) is 0 Å².